The van der Waals surface area contributed by atoms with Crippen LogP contribution in [0, 0.1) is 0 Å². The molecule has 3 rings (SSSR count). The van der Waals surface area contributed by atoms with Gasteiger partial charge < -0.3 is 0 Å². The molecule has 1 aromatic heterocycles. The van der Waals surface area contributed by atoms with Gasteiger partial charge in [-0.3, -0.25) is 0 Å². The van der Waals surface area contributed by atoms with Gasteiger partial charge in [-0.2, -0.15) is 0 Å². The average molecular weight is 451 g/mol. The molecule has 150 valence electrons. The SMILES string of the molecule is CC(C)(C)c1ccc(C(C)(C)NC(=O)c2ccccn2)c([Se]c2ccccc2)c1. The van der Waals surface area contributed by atoms with E-state index in [1.165, 1.54) is 14.5 Å². The first kappa shape index (κ1) is 21.3. The van der Waals surface area contributed by atoms with Gasteiger partial charge in [0.25, 0.3) is 0 Å². The van der Waals surface area contributed by atoms with Crippen LogP contribution >= 0.6 is 0 Å². The van der Waals surface area contributed by atoms with E-state index in [1.54, 1.807) is 12.3 Å². The predicted octanol–water partition coefficient (Wildman–Crippen LogP) is 3.70. The summed E-state index contributed by atoms with van der Waals surface area (Å²) >= 11 is 0.144. The van der Waals surface area contributed by atoms with Gasteiger partial charge in [-0.25, -0.2) is 0 Å². The number of nitrogens with one attached hydrogen (secondary N) is 1. The molecule has 0 radical (unpaired) electrons. The van der Waals surface area contributed by atoms with Crippen LogP contribution in [0.15, 0.2) is 72.9 Å². The van der Waals surface area contributed by atoms with Crippen molar-refractivity contribution in [2.24, 2.45) is 0 Å². The standard InChI is InChI=1S/C25H28N2OSe/c1-24(2,3)18-14-15-20(22(17-18)29-19-11-7-6-8-12-19)25(4,5)27-23(28)21-13-9-10-16-26-21/h6-17H,1-5H3,(H,27,28). The number of carbonyl (C=O) groups excluding carboxylic acids is 1. The Morgan fingerprint density at radius 3 is 2.21 bits per heavy atom. The van der Waals surface area contributed by atoms with Gasteiger partial charge in [0.1, 0.15) is 0 Å². The Hall–Kier alpha value is -2.42. The van der Waals surface area contributed by atoms with Gasteiger partial charge in [-0.05, 0) is 0 Å². The molecule has 3 aromatic rings. The van der Waals surface area contributed by atoms with Crippen molar-refractivity contribution < 1.29 is 4.79 Å². The Bertz CT molecular complexity index is 977. The molecular formula is C25H28N2OSe. The summed E-state index contributed by atoms with van der Waals surface area (Å²) in [6.45, 7) is 10.8. The molecule has 0 unspecified atom stereocenters. The number of nitrogens with zero attached hydrogens (tertiary/aromatic N) is 1. The molecule has 1 amide bonds. The molecule has 0 aliphatic carbocycles. The van der Waals surface area contributed by atoms with Gasteiger partial charge in [0.05, 0.1) is 0 Å². The fraction of sp³-hybridized carbons (Fsp3) is 0.280. The monoisotopic (exact) mass is 452 g/mol. The molecule has 0 bridgehead atoms. The molecule has 0 spiro atoms. The van der Waals surface area contributed by atoms with Crippen molar-refractivity contribution in [3.8, 4) is 0 Å². The molecule has 0 aliphatic rings. The van der Waals surface area contributed by atoms with Crippen LogP contribution in [0.3, 0.4) is 0 Å². The van der Waals surface area contributed by atoms with Crippen molar-refractivity contribution >= 4 is 29.8 Å². The molecule has 0 saturated carbocycles. The Kier molecular flexibility index (Phi) is 6.26. The van der Waals surface area contributed by atoms with Crippen molar-refractivity contribution in [3.63, 3.8) is 0 Å². The fourth-order valence-electron chi connectivity index (χ4n) is 3.12. The minimum atomic E-state index is -0.517. The Labute approximate surface area is 180 Å². The third-order valence-electron chi connectivity index (χ3n) is 4.82. The van der Waals surface area contributed by atoms with E-state index in [0.717, 1.165) is 5.56 Å². The van der Waals surface area contributed by atoms with E-state index >= 15 is 0 Å². The molecule has 0 saturated heterocycles. The van der Waals surface area contributed by atoms with E-state index in [4.69, 9.17) is 0 Å². The summed E-state index contributed by atoms with van der Waals surface area (Å²) < 4.78 is 2.61. The molecule has 1 heterocycles. The zero-order valence-electron chi connectivity index (χ0n) is 17.7. The number of hydrogen-bond donors (Lipinski definition) is 1. The van der Waals surface area contributed by atoms with Gasteiger partial charge in [0.15, 0.2) is 0 Å². The number of aromatic nitrogens is 1. The summed E-state index contributed by atoms with van der Waals surface area (Å²) in [6.07, 6.45) is 1.64. The molecule has 0 fully saturated rings. The van der Waals surface area contributed by atoms with Crippen molar-refractivity contribution in [2.45, 2.75) is 45.6 Å². The summed E-state index contributed by atoms with van der Waals surface area (Å²) in [5.74, 6) is -0.159. The van der Waals surface area contributed by atoms with Gasteiger partial charge in [0.2, 0.25) is 0 Å². The summed E-state index contributed by atoms with van der Waals surface area (Å²) in [5, 5.41) is 3.18. The summed E-state index contributed by atoms with van der Waals surface area (Å²) in [6, 6.07) is 22.6. The first-order chi connectivity index (χ1) is 13.7. The molecular weight excluding hydrogens is 423 g/mol. The molecule has 0 aliphatic heterocycles. The van der Waals surface area contributed by atoms with Crippen LogP contribution < -0.4 is 14.2 Å². The number of rotatable bonds is 5. The van der Waals surface area contributed by atoms with Crippen LogP contribution in [0.5, 0.6) is 0 Å². The molecule has 4 heteroatoms. The Morgan fingerprint density at radius 2 is 1.59 bits per heavy atom. The maximum absolute atomic E-state index is 12.8. The van der Waals surface area contributed by atoms with Gasteiger partial charge in [-0.15, -0.1) is 0 Å². The van der Waals surface area contributed by atoms with E-state index in [-0.39, 0.29) is 26.3 Å². The van der Waals surface area contributed by atoms with Crippen molar-refractivity contribution in [3.05, 3.63) is 89.7 Å². The topological polar surface area (TPSA) is 42.0 Å². The molecule has 1 N–H and O–H groups in total. The summed E-state index contributed by atoms with van der Waals surface area (Å²) in [7, 11) is 0. The summed E-state index contributed by atoms with van der Waals surface area (Å²) in [5.41, 5.74) is 2.44. The number of hydrogen-bond acceptors (Lipinski definition) is 2. The van der Waals surface area contributed by atoms with E-state index in [1.807, 2.05) is 18.2 Å². The fourth-order valence-corrected chi connectivity index (χ4v) is 5.56. The van der Waals surface area contributed by atoms with Crippen LogP contribution in [0.1, 0.15) is 56.2 Å². The quantitative estimate of drug-likeness (QED) is 0.602. The van der Waals surface area contributed by atoms with Crippen molar-refractivity contribution in [1.82, 2.24) is 10.3 Å². The van der Waals surface area contributed by atoms with E-state index in [2.05, 4.69) is 87.4 Å². The zero-order chi connectivity index (χ0) is 21.1. The molecule has 2 aromatic carbocycles. The number of pyridine rings is 1. The third-order valence-corrected chi connectivity index (χ3v) is 7.05. The number of carbonyl (C=O) groups is 1. The van der Waals surface area contributed by atoms with Crippen LogP contribution in [-0.2, 0) is 11.0 Å². The first-order valence-corrected chi connectivity index (χ1v) is 11.5. The van der Waals surface area contributed by atoms with E-state index in [9.17, 15) is 4.79 Å². The zero-order valence-corrected chi connectivity index (χ0v) is 19.4. The minimum absolute atomic E-state index is 0.0708. The van der Waals surface area contributed by atoms with Gasteiger partial charge in [0, 0.05) is 0 Å². The van der Waals surface area contributed by atoms with Gasteiger partial charge >= 0.3 is 180 Å². The average Bonchev–Trinajstić information content (AvgIpc) is 2.68. The number of amides is 1. The normalized spacial score (nSPS) is 11.9. The number of benzene rings is 2. The Morgan fingerprint density at radius 1 is 0.897 bits per heavy atom. The van der Waals surface area contributed by atoms with Crippen molar-refractivity contribution in [1.29, 1.82) is 0 Å². The van der Waals surface area contributed by atoms with Crippen LogP contribution in [0.4, 0.5) is 0 Å². The van der Waals surface area contributed by atoms with Crippen LogP contribution in [-0.4, -0.2) is 25.8 Å². The second-order valence-electron chi connectivity index (χ2n) is 8.67. The summed E-state index contributed by atoms with van der Waals surface area (Å²) in [4.78, 5) is 16.9. The van der Waals surface area contributed by atoms with Gasteiger partial charge in [-0.1, -0.05) is 0 Å². The van der Waals surface area contributed by atoms with Crippen LogP contribution in [0.2, 0.25) is 0 Å². The van der Waals surface area contributed by atoms with Crippen LogP contribution in [0.25, 0.3) is 0 Å². The van der Waals surface area contributed by atoms with E-state index in [0.29, 0.717) is 5.69 Å². The molecule has 29 heavy (non-hydrogen) atoms. The second-order valence-corrected chi connectivity index (χ2v) is 11.0. The first-order valence-electron chi connectivity index (χ1n) is 9.78. The van der Waals surface area contributed by atoms with E-state index < -0.39 is 5.54 Å². The second kappa shape index (κ2) is 8.52. The molecule has 3 nitrogen and oxygen atoms in total. The molecule has 0 atom stereocenters. The van der Waals surface area contributed by atoms with Crippen molar-refractivity contribution in [2.75, 3.05) is 0 Å². The Balaban J connectivity index is 1.98. The maximum atomic E-state index is 12.8. The predicted molar refractivity (Wildman–Crippen MR) is 121 cm³/mol. The third kappa shape index (κ3) is 5.35.